The molecule has 0 spiro atoms. The predicted octanol–water partition coefficient (Wildman–Crippen LogP) is 4.05. The zero-order valence-electron chi connectivity index (χ0n) is 16.0. The van der Waals surface area contributed by atoms with Crippen LogP contribution in [-0.4, -0.2) is 28.4 Å². The average molecular weight is 390 g/mol. The highest BCUT2D eigenvalue weighted by Crippen LogP contribution is 2.23. The number of hydrogen-bond acceptors (Lipinski definition) is 6. The fraction of sp³-hybridized carbons (Fsp3) is 0.550. The number of aryl methyl sites for hydroxylation is 2. The number of rotatable bonds is 8. The Balaban J connectivity index is 1.39. The van der Waals surface area contributed by atoms with Gasteiger partial charge in [-0.25, -0.2) is 0 Å². The second kappa shape index (κ2) is 9.78. The molecule has 0 aliphatic heterocycles. The molecule has 146 valence electrons. The molecule has 0 radical (unpaired) electrons. The fourth-order valence-corrected chi connectivity index (χ4v) is 3.80. The van der Waals surface area contributed by atoms with Crippen molar-refractivity contribution in [1.29, 1.82) is 0 Å². The maximum absolute atomic E-state index is 12.0. The Morgan fingerprint density at radius 2 is 2.07 bits per heavy atom. The number of benzene rings is 1. The van der Waals surface area contributed by atoms with Gasteiger partial charge in [0.2, 0.25) is 5.91 Å². The van der Waals surface area contributed by atoms with Gasteiger partial charge in [-0.15, -0.1) is 10.2 Å². The molecule has 7 heteroatoms. The summed E-state index contributed by atoms with van der Waals surface area (Å²) in [6, 6.07) is 6.05. The second-order valence-electron chi connectivity index (χ2n) is 7.12. The van der Waals surface area contributed by atoms with Crippen LogP contribution in [0.1, 0.15) is 49.1 Å². The van der Waals surface area contributed by atoms with Crippen LogP contribution in [0.4, 0.5) is 0 Å². The molecule has 27 heavy (non-hydrogen) atoms. The lowest BCUT2D eigenvalue weighted by molar-refractivity contribution is -0.118. The molecule has 3 rings (SSSR count). The molecule has 0 bridgehead atoms. The van der Waals surface area contributed by atoms with Gasteiger partial charge in [0, 0.05) is 6.54 Å². The summed E-state index contributed by atoms with van der Waals surface area (Å²) < 4.78 is 11.3. The van der Waals surface area contributed by atoms with Crippen LogP contribution in [0.25, 0.3) is 0 Å². The predicted molar refractivity (Wildman–Crippen MR) is 105 cm³/mol. The molecule has 0 saturated heterocycles. The second-order valence-corrected chi connectivity index (χ2v) is 8.04. The lowest BCUT2D eigenvalue weighted by atomic mass is 9.89. The van der Waals surface area contributed by atoms with Crippen LogP contribution in [0.5, 0.6) is 5.75 Å². The summed E-state index contributed by atoms with van der Waals surface area (Å²) in [7, 11) is 0. The Bertz CT molecular complexity index is 757. The largest absolute Gasteiger partial charge is 0.484 e. The van der Waals surface area contributed by atoms with Crippen molar-refractivity contribution >= 4 is 17.7 Å². The summed E-state index contributed by atoms with van der Waals surface area (Å²) in [5.74, 6) is 2.14. The number of nitrogens with one attached hydrogen (secondary N) is 1. The van der Waals surface area contributed by atoms with Crippen LogP contribution in [0.3, 0.4) is 0 Å². The van der Waals surface area contributed by atoms with Crippen LogP contribution in [0, 0.1) is 19.8 Å². The standard InChI is InChI=1S/C20H27N3O3S/c1-14-8-9-15(2)17(10-14)25-12-19-22-23-20(26-19)27-13-18(24)21-11-16-6-4-3-5-7-16/h8-10,16H,3-7,11-13H2,1-2H3,(H,21,24). The van der Waals surface area contributed by atoms with E-state index >= 15 is 0 Å². The third-order valence-electron chi connectivity index (χ3n) is 4.78. The summed E-state index contributed by atoms with van der Waals surface area (Å²) in [6.07, 6.45) is 6.34. The number of ether oxygens (including phenoxy) is 1. The summed E-state index contributed by atoms with van der Waals surface area (Å²) in [5, 5.41) is 11.4. The third kappa shape index (κ3) is 6.27. The summed E-state index contributed by atoms with van der Waals surface area (Å²) in [6.45, 7) is 5.01. The van der Waals surface area contributed by atoms with E-state index in [0.717, 1.165) is 23.4 Å². The van der Waals surface area contributed by atoms with Crippen molar-refractivity contribution < 1.29 is 13.9 Å². The zero-order chi connectivity index (χ0) is 19.1. The molecule has 1 aliphatic carbocycles. The monoisotopic (exact) mass is 389 g/mol. The molecule has 1 N–H and O–H groups in total. The topological polar surface area (TPSA) is 77.2 Å². The lowest BCUT2D eigenvalue weighted by Crippen LogP contribution is -2.31. The van der Waals surface area contributed by atoms with Gasteiger partial charge in [-0.3, -0.25) is 4.79 Å². The molecule has 0 atom stereocenters. The first kappa shape index (κ1) is 19.7. The molecule has 1 aliphatic rings. The van der Waals surface area contributed by atoms with Crippen molar-refractivity contribution in [2.75, 3.05) is 12.3 Å². The van der Waals surface area contributed by atoms with Crippen molar-refractivity contribution in [2.45, 2.75) is 57.8 Å². The minimum absolute atomic E-state index is 0.0111. The van der Waals surface area contributed by atoms with Gasteiger partial charge < -0.3 is 14.5 Å². The van der Waals surface area contributed by atoms with Gasteiger partial charge in [-0.05, 0) is 49.8 Å². The number of thioether (sulfide) groups is 1. The van der Waals surface area contributed by atoms with Crippen LogP contribution in [0.2, 0.25) is 0 Å². The fourth-order valence-electron chi connectivity index (χ4n) is 3.18. The highest BCUT2D eigenvalue weighted by Gasteiger charge is 2.15. The van der Waals surface area contributed by atoms with E-state index in [1.54, 1.807) is 0 Å². The first-order chi connectivity index (χ1) is 13.1. The molecule has 0 unspecified atom stereocenters. The van der Waals surface area contributed by atoms with Crippen LogP contribution >= 0.6 is 11.8 Å². The Kier molecular flexibility index (Phi) is 7.15. The van der Waals surface area contributed by atoms with Gasteiger partial charge in [0.15, 0.2) is 6.61 Å². The molecule has 1 aromatic carbocycles. The summed E-state index contributed by atoms with van der Waals surface area (Å²) >= 11 is 1.26. The average Bonchev–Trinajstić information content (AvgIpc) is 3.14. The summed E-state index contributed by atoms with van der Waals surface area (Å²) in [5.41, 5.74) is 2.20. The SMILES string of the molecule is Cc1ccc(C)c(OCc2nnc(SCC(=O)NCC3CCCCC3)o2)c1. The van der Waals surface area contributed by atoms with E-state index in [1.807, 2.05) is 32.0 Å². The highest BCUT2D eigenvalue weighted by molar-refractivity contribution is 7.99. The maximum Gasteiger partial charge on any atom is 0.277 e. The molecule has 1 amide bonds. The third-order valence-corrected chi connectivity index (χ3v) is 5.60. The molecule has 1 aromatic heterocycles. The maximum atomic E-state index is 12.0. The van der Waals surface area contributed by atoms with E-state index in [-0.39, 0.29) is 18.3 Å². The van der Waals surface area contributed by atoms with E-state index in [2.05, 4.69) is 15.5 Å². The van der Waals surface area contributed by atoms with E-state index in [0.29, 0.717) is 17.0 Å². The van der Waals surface area contributed by atoms with Gasteiger partial charge in [-0.1, -0.05) is 43.2 Å². The number of carbonyl (C=O) groups excluding carboxylic acids is 1. The highest BCUT2D eigenvalue weighted by atomic mass is 32.2. The quantitative estimate of drug-likeness (QED) is 0.686. The van der Waals surface area contributed by atoms with Crippen molar-refractivity contribution in [1.82, 2.24) is 15.5 Å². The van der Waals surface area contributed by atoms with Crippen LogP contribution in [-0.2, 0) is 11.4 Å². The van der Waals surface area contributed by atoms with E-state index in [4.69, 9.17) is 9.15 Å². The number of amides is 1. The normalized spacial score (nSPS) is 14.9. The van der Waals surface area contributed by atoms with Crippen molar-refractivity contribution in [3.63, 3.8) is 0 Å². The minimum Gasteiger partial charge on any atom is -0.484 e. The minimum atomic E-state index is 0.0111. The van der Waals surface area contributed by atoms with E-state index in [9.17, 15) is 4.79 Å². The molecule has 6 nitrogen and oxygen atoms in total. The molecule has 1 fully saturated rings. The Morgan fingerprint density at radius 3 is 2.89 bits per heavy atom. The Labute approximate surface area is 164 Å². The van der Waals surface area contributed by atoms with E-state index in [1.165, 1.54) is 43.9 Å². The number of carbonyl (C=O) groups is 1. The number of nitrogens with zero attached hydrogens (tertiary/aromatic N) is 2. The van der Waals surface area contributed by atoms with Crippen molar-refractivity contribution in [3.05, 3.63) is 35.2 Å². The van der Waals surface area contributed by atoms with Gasteiger partial charge in [-0.2, -0.15) is 0 Å². The van der Waals surface area contributed by atoms with Gasteiger partial charge >= 0.3 is 0 Å². The van der Waals surface area contributed by atoms with Gasteiger partial charge in [0.1, 0.15) is 5.75 Å². The van der Waals surface area contributed by atoms with Crippen LogP contribution < -0.4 is 10.1 Å². The smallest absolute Gasteiger partial charge is 0.277 e. The molecular formula is C20H27N3O3S. The first-order valence-corrected chi connectivity index (χ1v) is 10.5. The molecule has 1 saturated carbocycles. The van der Waals surface area contributed by atoms with Crippen molar-refractivity contribution in [2.24, 2.45) is 5.92 Å². The number of aromatic nitrogens is 2. The molecule has 2 aromatic rings. The van der Waals surface area contributed by atoms with Crippen molar-refractivity contribution in [3.8, 4) is 5.75 Å². The van der Waals surface area contributed by atoms with E-state index < -0.39 is 0 Å². The Hall–Kier alpha value is -2.02. The lowest BCUT2D eigenvalue weighted by Gasteiger charge is -2.21. The van der Waals surface area contributed by atoms with Crippen LogP contribution in [0.15, 0.2) is 27.8 Å². The van der Waals surface area contributed by atoms with Gasteiger partial charge in [0.25, 0.3) is 11.1 Å². The molecule has 1 heterocycles. The zero-order valence-corrected chi connectivity index (χ0v) is 16.8. The first-order valence-electron chi connectivity index (χ1n) is 9.52. The Morgan fingerprint density at radius 1 is 1.26 bits per heavy atom. The van der Waals surface area contributed by atoms with Gasteiger partial charge in [0.05, 0.1) is 5.75 Å². The number of hydrogen-bond donors (Lipinski definition) is 1. The molecular weight excluding hydrogens is 362 g/mol. The summed E-state index contributed by atoms with van der Waals surface area (Å²) in [4.78, 5) is 12.0.